The van der Waals surface area contributed by atoms with E-state index in [-0.39, 0.29) is 0 Å². The van der Waals surface area contributed by atoms with Crippen molar-refractivity contribution in [3.05, 3.63) is 0 Å². The molecule has 1 saturated carbocycles. The summed E-state index contributed by atoms with van der Waals surface area (Å²) in [5.41, 5.74) is 0. The molecule has 3 nitrogen and oxygen atoms in total. The molecular formula is C13H28N2O. The highest BCUT2D eigenvalue weighted by Gasteiger charge is 2.27. The fraction of sp³-hybridized carbons (Fsp3) is 1.00. The predicted molar refractivity (Wildman–Crippen MR) is 68.9 cm³/mol. The number of nitrogens with zero attached hydrogens (tertiary/aromatic N) is 1. The van der Waals surface area contributed by atoms with Crippen LogP contribution < -0.4 is 5.32 Å². The molecular weight excluding hydrogens is 200 g/mol. The Bertz CT molecular complexity index is 160. The first-order chi connectivity index (χ1) is 7.88. The third-order valence-electron chi connectivity index (χ3n) is 3.27. The maximum Gasteiger partial charge on any atom is 0.0589 e. The van der Waals surface area contributed by atoms with Crippen LogP contribution in [0, 0.1) is 0 Å². The van der Waals surface area contributed by atoms with Crippen molar-refractivity contribution < 1.29 is 4.74 Å². The Morgan fingerprint density at radius 2 is 1.88 bits per heavy atom. The second-order valence-corrected chi connectivity index (χ2v) is 4.78. The molecule has 0 bridgehead atoms. The monoisotopic (exact) mass is 228 g/mol. The van der Waals surface area contributed by atoms with Gasteiger partial charge in [-0.15, -0.1) is 0 Å². The van der Waals surface area contributed by atoms with Crippen LogP contribution in [0.1, 0.15) is 38.5 Å². The quantitative estimate of drug-likeness (QED) is 0.546. The Labute approximate surface area is 101 Å². The molecule has 0 unspecified atom stereocenters. The van der Waals surface area contributed by atoms with Crippen LogP contribution in [0.2, 0.25) is 0 Å². The maximum absolute atomic E-state index is 5.16. The number of methoxy groups -OCH3 is 1. The normalized spacial score (nSPS) is 15.9. The largest absolute Gasteiger partial charge is 0.383 e. The van der Waals surface area contributed by atoms with Crippen molar-refractivity contribution >= 4 is 0 Å². The molecule has 0 heterocycles. The first kappa shape index (κ1) is 13.9. The first-order valence-electron chi connectivity index (χ1n) is 6.76. The molecule has 0 aliphatic heterocycles. The van der Waals surface area contributed by atoms with Gasteiger partial charge in [0, 0.05) is 19.7 Å². The van der Waals surface area contributed by atoms with Gasteiger partial charge < -0.3 is 10.1 Å². The molecule has 1 fully saturated rings. The van der Waals surface area contributed by atoms with E-state index >= 15 is 0 Å². The standard InChI is InChI=1S/C13H28N2O/c1-14-9-5-3-4-6-10-15(11-12-16-2)13-7-8-13/h13-14H,3-12H2,1-2H3. The van der Waals surface area contributed by atoms with Gasteiger partial charge in [-0.2, -0.15) is 0 Å². The number of hydrogen-bond donors (Lipinski definition) is 1. The lowest BCUT2D eigenvalue weighted by Gasteiger charge is -2.21. The van der Waals surface area contributed by atoms with Crippen molar-refractivity contribution in [2.75, 3.05) is 40.4 Å². The zero-order chi connectivity index (χ0) is 11.6. The van der Waals surface area contributed by atoms with E-state index in [1.807, 2.05) is 7.05 Å². The van der Waals surface area contributed by atoms with Crippen molar-refractivity contribution in [3.8, 4) is 0 Å². The second kappa shape index (κ2) is 8.97. The lowest BCUT2D eigenvalue weighted by Crippen LogP contribution is -2.30. The highest BCUT2D eigenvalue weighted by Crippen LogP contribution is 2.26. The lowest BCUT2D eigenvalue weighted by atomic mass is 10.2. The molecule has 0 amide bonds. The number of nitrogens with one attached hydrogen (secondary N) is 1. The van der Waals surface area contributed by atoms with E-state index in [0.717, 1.165) is 25.7 Å². The summed E-state index contributed by atoms with van der Waals surface area (Å²) in [5, 5.41) is 3.20. The summed E-state index contributed by atoms with van der Waals surface area (Å²) in [6.45, 7) is 4.44. The number of ether oxygens (including phenoxy) is 1. The SMILES string of the molecule is CNCCCCCCN(CCOC)C1CC1. The number of hydrogen-bond acceptors (Lipinski definition) is 3. The van der Waals surface area contributed by atoms with Crippen LogP contribution in [0.4, 0.5) is 0 Å². The highest BCUT2D eigenvalue weighted by atomic mass is 16.5. The molecule has 3 heteroatoms. The molecule has 0 atom stereocenters. The minimum atomic E-state index is 0.882. The minimum Gasteiger partial charge on any atom is -0.383 e. The van der Waals surface area contributed by atoms with E-state index in [0.29, 0.717) is 0 Å². The number of rotatable bonds is 11. The Kier molecular flexibility index (Phi) is 7.81. The van der Waals surface area contributed by atoms with Crippen molar-refractivity contribution in [3.63, 3.8) is 0 Å². The molecule has 0 spiro atoms. The van der Waals surface area contributed by atoms with E-state index in [2.05, 4.69) is 10.2 Å². The van der Waals surface area contributed by atoms with Crippen molar-refractivity contribution in [1.29, 1.82) is 0 Å². The van der Waals surface area contributed by atoms with Crippen LogP contribution in [-0.4, -0.2) is 51.3 Å². The van der Waals surface area contributed by atoms with Crippen LogP contribution >= 0.6 is 0 Å². The molecule has 1 aliphatic rings. The third-order valence-corrected chi connectivity index (χ3v) is 3.27. The molecule has 96 valence electrons. The molecule has 1 aliphatic carbocycles. The van der Waals surface area contributed by atoms with Gasteiger partial charge in [-0.3, -0.25) is 4.90 Å². The van der Waals surface area contributed by atoms with Gasteiger partial charge in [0.25, 0.3) is 0 Å². The molecule has 1 rings (SSSR count). The first-order valence-corrected chi connectivity index (χ1v) is 6.76. The van der Waals surface area contributed by atoms with Gasteiger partial charge in [0.05, 0.1) is 6.61 Å². The van der Waals surface area contributed by atoms with Crippen molar-refractivity contribution in [2.24, 2.45) is 0 Å². The van der Waals surface area contributed by atoms with E-state index < -0.39 is 0 Å². The highest BCUT2D eigenvalue weighted by molar-refractivity contribution is 4.84. The molecule has 0 aromatic heterocycles. The van der Waals surface area contributed by atoms with Gasteiger partial charge in [-0.1, -0.05) is 12.8 Å². The predicted octanol–water partition coefficient (Wildman–Crippen LogP) is 1.88. The Hall–Kier alpha value is -0.120. The van der Waals surface area contributed by atoms with Crippen LogP contribution in [0.3, 0.4) is 0 Å². The summed E-state index contributed by atoms with van der Waals surface area (Å²) in [6.07, 6.45) is 8.22. The van der Waals surface area contributed by atoms with E-state index in [9.17, 15) is 0 Å². The summed E-state index contributed by atoms with van der Waals surface area (Å²) in [7, 11) is 3.82. The zero-order valence-corrected chi connectivity index (χ0v) is 11.0. The van der Waals surface area contributed by atoms with Crippen molar-refractivity contribution in [2.45, 2.75) is 44.6 Å². The van der Waals surface area contributed by atoms with E-state index in [1.54, 1.807) is 7.11 Å². The Morgan fingerprint density at radius 1 is 1.12 bits per heavy atom. The fourth-order valence-electron chi connectivity index (χ4n) is 2.10. The average molecular weight is 228 g/mol. The molecule has 0 aromatic rings. The van der Waals surface area contributed by atoms with Gasteiger partial charge in [-0.25, -0.2) is 0 Å². The smallest absolute Gasteiger partial charge is 0.0589 e. The molecule has 0 saturated heterocycles. The van der Waals surface area contributed by atoms with Gasteiger partial charge in [0.1, 0.15) is 0 Å². The molecule has 0 aromatic carbocycles. The summed E-state index contributed by atoms with van der Waals surface area (Å²) < 4.78 is 5.16. The van der Waals surface area contributed by atoms with Crippen LogP contribution in [0.15, 0.2) is 0 Å². The summed E-state index contributed by atoms with van der Waals surface area (Å²) >= 11 is 0. The van der Waals surface area contributed by atoms with Gasteiger partial charge in [0.2, 0.25) is 0 Å². The van der Waals surface area contributed by atoms with Crippen LogP contribution in [0.5, 0.6) is 0 Å². The summed E-state index contributed by atoms with van der Waals surface area (Å²) in [6, 6.07) is 0.882. The summed E-state index contributed by atoms with van der Waals surface area (Å²) in [4.78, 5) is 2.61. The second-order valence-electron chi connectivity index (χ2n) is 4.78. The van der Waals surface area contributed by atoms with Gasteiger partial charge >= 0.3 is 0 Å². The molecule has 16 heavy (non-hydrogen) atoms. The van der Waals surface area contributed by atoms with E-state index in [1.165, 1.54) is 45.1 Å². The summed E-state index contributed by atoms with van der Waals surface area (Å²) in [5.74, 6) is 0. The maximum atomic E-state index is 5.16. The average Bonchev–Trinajstić information content (AvgIpc) is 3.11. The van der Waals surface area contributed by atoms with Crippen LogP contribution in [-0.2, 0) is 4.74 Å². The van der Waals surface area contributed by atoms with Gasteiger partial charge in [-0.05, 0) is 45.8 Å². The van der Waals surface area contributed by atoms with Crippen LogP contribution in [0.25, 0.3) is 0 Å². The lowest BCUT2D eigenvalue weighted by molar-refractivity contribution is 0.142. The van der Waals surface area contributed by atoms with E-state index in [4.69, 9.17) is 4.74 Å². The zero-order valence-electron chi connectivity index (χ0n) is 11.0. The van der Waals surface area contributed by atoms with Gasteiger partial charge in [0.15, 0.2) is 0 Å². The molecule has 0 radical (unpaired) electrons. The minimum absolute atomic E-state index is 0.882. The Balaban J connectivity index is 1.95. The third kappa shape index (κ3) is 6.46. The Morgan fingerprint density at radius 3 is 2.50 bits per heavy atom. The van der Waals surface area contributed by atoms with Crippen molar-refractivity contribution in [1.82, 2.24) is 10.2 Å². The topological polar surface area (TPSA) is 24.5 Å². The number of unbranched alkanes of at least 4 members (excludes halogenated alkanes) is 3. The fourth-order valence-corrected chi connectivity index (χ4v) is 2.10. The molecule has 1 N–H and O–H groups in total.